The van der Waals surface area contributed by atoms with E-state index in [1.54, 1.807) is 5.38 Å². The lowest BCUT2D eigenvalue weighted by Crippen LogP contribution is -2.12. The predicted molar refractivity (Wildman–Crippen MR) is 61.1 cm³/mol. The maximum absolute atomic E-state index is 12.0. The highest BCUT2D eigenvalue weighted by molar-refractivity contribution is 7.09. The van der Waals surface area contributed by atoms with Crippen LogP contribution < -0.4 is 0 Å². The van der Waals surface area contributed by atoms with E-state index in [2.05, 4.69) is 4.98 Å². The lowest BCUT2D eigenvalue weighted by molar-refractivity contribution is -0.140. The lowest BCUT2D eigenvalue weighted by atomic mass is 9.98. The summed E-state index contributed by atoms with van der Waals surface area (Å²) < 4.78 is 36.0. The molecule has 0 saturated carbocycles. The molecule has 17 heavy (non-hydrogen) atoms. The van der Waals surface area contributed by atoms with Gasteiger partial charge in [0.25, 0.3) is 0 Å². The van der Waals surface area contributed by atoms with Gasteiger partial charge in [0.1, 0.15) is 0 Å². The van der Waals surface area contributed by atoms with Gasteiger partial charge in [-0.15, -0.1) is 11.3 Å². The summed E-state index contributed by atoms with van der Waals surface area (Å²) in [5, 5.41) is 12.1. The Bertz CT molecular complexity index is 368. The Morgan fingerprint density at radius 1 is 1.35 bits per heavy atom. The van der Waals surface area contributed by atoms with E-state index in [9.17, 15) is 18.3 Å². The van der Waals surface area contributed by atoms with E-state index >= 15 is 0 Å². The lowest BCUT2D eigenvalue weighted by Gasteiger charge is -2.14. The zero-order chi connectivity index (χ0) is 13.3. The number of nitrogens with zero attached hydrogens (tertiary/aromatic N) is 1. The maximum Gasteiger partial charge on any atom is 0.389 e. The van der Waals surface area contributed by atoms with Crippen molar-refractivity contribution in [1.29, 1.82) is 0 Å². The van der Waals surface area contributed by atoms with Crippen LogP contribution in [0.4, 0.5) is 13.2 Å². The third kappa shape index (κ3) is 4.63. The number of thiazole rings is 1. The van der Waals surface area contributed by atoms with Gasteiger partial charge in [-0.05, 0) is 6.42 Å². The fourth-order valence-electron chi connectivity index (χ4n) is 1.23. The molecule has 0 saturated heterocycles. The monoisotopic (exact) mass is 267 g/mol. The zero-order valence-electron chi connectivity index (χ0n) is 10.0. The van der Waals surface area contributed by atoms with Gasteiger partial charge in [-0.3, -0.25) is 0 Å². The van der Waals surface area contributed by atoms with Crippen LogP contribution in [0, 0.1) is 0 Å². The number of aliphatic hydroxyl groups is 1. The van der Waals surface area contributed by atoms with E-state index in [1.807, 2.05) is 20.8 Å². The Morgan fingerprint density at radius 3 is 2.35 bits per heavy atom. The van der Waals surface area contributed by atoms with Crippen LogP contribution >= 0.6 is 11.3 Å². The number of aromatic nitrogens is 1. The van der Waals surface area contributed by atoms with E-state index in [1.165, 1.54) is 11.3 Å². The Morgan fingerprint density at radius 2 is 1.94 bits per heavy atom. The molecule has 0 aliphatic carbocycles. The molecule has 0 amide bonds. The average Bonchev–Trinajstić information content (AvgIpc) is 2.60. The summed E-state index contributed by atoms with van der Waals surface area (Å²) in [5.41, 5.74) is 0.191. The van der Waals surface area contributed by atoms with E-state index in [-0.39, 0.29) is 11.8 Å². The van der Waals surface area contributed by atoms with E-state index in [0.29, 0.717) is 5.69 Å². The van der Waals surface area contributed by atoms with Gasteiger partial charge < -0.3 is 5.11 Å². The molecule has 1 atom stereocenters. The van der Waals surface area contributed by atoms with Crippen LogP contribution in [-0.2, 0) is 5.41 Å². The molecule has 0 fully saturated rings. The fourth-order valence-corrected chi connectivity index (χ4v) is 2.19. The first-order valence-electron chi connectivity index (χ1n) is 5.30. The molecule has 0 spiro atoms. The molecule has 1 aromatic heterocycles. The molecule has 6 heteroatoms. The van der Waals surface area contributed by atoms with Crippen LogP contribution in [-0.4, -0.2) is 16.3 Å². The standard InChI is InChI=1S/C11H16F3NOS/c1-10(2,3)9-15-7(6-17-9)8(16)4-5-11(12,13)14/h6,8,16H,4-5H2,1-3H3. The average molecular weight is 267 g/mol. The highest BCUT2D eigenvalue weighted by Crippen LogP contribution is 2.31. The minimum absolute atomic E-state index is 0.146. The molecule has 1 heterocycles. The van der Waals surface area contributed by atoms with Crippen molar-refractivity contribution < 1.29 is 18.3 Å². The molecule has 0 aliphatic rings. The van der Waals surface area contributed by atoms with Crippen LogP contribution in [0.15, 0.2) is 5.38 Å². The second-order valence-corrected chi connectivity index (χ2v) is 5.86. The molecule has 0 bridgehead atoms. The predicted octanol–water partition coefficient (Wildman–Crippen LogP) is 3.82. The smallest absolute Gasteiger partial charge is 0.387 e. The second-order valence-electron chi connectivity index (χ2n) is 5.00. The summed E-state index contributed by atoms with van der Waals surface area (Å²) in [6.45, 7) is 5.91. The van der Waals surface area contributed by atoms with Crippen LogP contribution in [0.5, 0.6) is 0 Å². The van der Waals surface area contributed by atoms with Gasteiger partial charge in [-0.2, -0.15) is 13.2 Å². The van der Waals surface area contributed by atoms with Crippen molar-refractivity contribution in [2.75, 3.05) is 0 Å². The van der Waals surface area contributed by atoms with Gasteiger partial charge in [-0.1, -0.05) is 20.8 Å². The highest BCUT2D eigenvalue weighted by atomic mass is 32.1. The molecule has 2 nitrogen and oxygen atoms in total. The van der Waals surface area contributed by atoms with Gasteiger partial charge in [0.05, 0.1) is 16.8 Å². The molecule has 1 rings (SSSR count). The van der Waals surface area contributed by atoms with Crippen molar-refractivity contribution in [1.82, 2.24) is 4.98 Å². The number of rotatable bonds is 3. The van der Waals surface area contributed by atoms with Gasteiger partial charge >= 0.3 is 6.18 Å². The molecule has 0 aromatic carbocycles. The van der Waals surface area contributed by atoms with Crippen molar-refractivity contribution in [3.63, 3.8) is 0 Å². The number of halogens is 3. The minimum Gasteiger partial charge on any atom is -0.387 e. The van der Waals surface area contributed by atoms with Crippen LogP contribution in [0.3, 0.4) is 0 Å². The molecule has 1 N–H and O–H groups in total. The Balaban J connectivity index is 2.64. The Labute approximate surface area is 103 Å². The minimum atomic E-state index is -4.23. The summed E-state index contributed by atoms with van der Waals surface area (Å²) in [6.07, 6.45) is -6.69. The number of hydrogen-bond donors (Lipinski definition) is 1. The molecule has 98 valence electrons. The first-order chi connectivity index (χ1) is 7.59. The summed E-state index contributed by atoms with van der Waals surface area (Å²) in [7, 11) is 0. The third-order valence-corrected chi connectivity index (χ3v) is 3.49. The van der Waals surface area contributed by atoms with Gasteiger partial charge in [0.15, 0.2) is 0 Å². The summed E-state index contributed by atoms with van der Waals surface area (Å²) in [4.78, 5) is 4.18. The SMILES string of the molecule is CC(C)(C)c1nc(C(O)CCC(F)(F)F)cs1. The molecule has 1 aromatic rings. The van der Waals surface area contributed by atoms with Crippen LogP contribution in [0.1, 0.15) is 50.4 Å². The zero-order valence-corrected chi connectivity index (χ0v) is 10.8. The Kier molecular flexibility index (Phi) is 4.19. The largest absolute Gasteiger partial charge is 0.389 e. The third-order valence-electron chi connectivity index (χ3n) is 2.21. The van der Waals surface area contributed by atoms with Crippen LogP contribution in [0.2, 0.25) is 0 Å². The first-order valence-corrected chi connectivity index (χ1v) is 6.18. The van der Waals surface area contributed by atoms with E-state index < -0.39 is 18.7 Å². The maximum atomic E-state index is 12.0. The number of aliphatic hydroxyl groups excluding tert-OH is 1. The van der Waals surface area contributed by atoms with Crippen molar-refractivity contribution in [2.45, 2.75) is 51.3 Å². The van der Waals surface area contributed by atoms with E-state index in [4.69, 9.17) is 0 Å². The number of hydrogen-bond acceptors (Lipinski definition) is 3. The fraction of sp³-hybridized carbons (Fsp3) is 0.727. The van der Waals surface area contributed by atoms with E-state index in [0.717, 1.165) is 5.01 Å². The topological polar surface area (TPSA) is 33.1 Å². The van der Waals surface area contributed by atoms with Crippen molar-refractivity contribution in [2.24, 2.45) is 0 Å². The van der Waals surface area contributed by atoms with Crippen molar-refractivity contribution in [3.05, 3.63) is 16.1 Å². The van der Waals surface area contributed by atoms with Crippen molar-refractivity contribution in [3.8, 4) is 0 Å². The molecular weight excluding hydrogens is 251 g/mol. The van der Waals surface area contributed by atoms with Crippen LogP contribution in [0.25, 0.3) is 0 Å². The quantitative estimate of drug-likeness (QED) is 0.903. The molecule has 0 aliphatic heterocycles. The summed E-state index contributed by atoms with van der Waals surface area (Å²) >= 11 is 1.37. The van der Waals surface area contributed by atoms with Gasteiger partial charge in [-0.25, -0.2) is 4.98 Å². The Hall–Kier alpha value is -0.620. The van der Waals surface area contributed by atoms with Gasteiger partial charge in [0.2, 0.25) is 0 Å². The highest BCUT2D eigenvalue weighted by Gasteiger charge is 2.29. The first kappa shape index (κ1) is 14.4. The molecular formula is C11H16F3NOS. The summed E-state index contributed by atoms with van der Waals surface area (Å²) in [6, 6.07) is 0. The molecule has 0 radical (unpaired) electrons. The normalized spacial score (nSPS) is 15.0. The second kappa shape index (κ2) is 4.94. The molecule has 1 unspecified atom stereocenters. The number of alkyl halides is 3. The summed E-state index contributed by atoms with van der Waals surface area (Å²) in [5.74, 6) is 0. The van der Waals surface area contributed by atoms with Crippen molar-refractivity contribution >= 4 is 11.3 Å². The van der Waals surface area contributed by atoms with Gasteiger partial charge in [0, 0.05) is 17.2 Å².